The summed E-state index contributed by atoms with van der Waals surface area (Å²) in [6.45, 7) is 7.29. The SMILES string of the molecule is COc1ccc(-c2cn(Cc3ccc(-c4noc(CC5(C(C)(C)C)CCCN5C(=O)O)n4)cc3)nn2)cc1. The van der Waals surface area contributed by atoms with Crippen LogP contribution in [0.5, 0.6) is 5.75 Å². The molecule has 3 heterocycles. The molecule has 0 aliphatic carbocycles. The predicted molar refractivity (Wildman–Crippen MR) is 141 cm³/mol. The number of carbonyl (C=O) groups is 1. The van der Waals surface area contributed by atoms with Gasteiger partial charge in [0.2, 0.25) is 11.7 Å². The number of benzene rings is 2. The molecule has 10 heteroatoms. The van der Waals surface area contributed by atoms with Crippen LogP contribution in [0.25, 0.3) is 22.6 Å². The van der Waals surface area contributed by atoms with Crippen LogP contribution < -0.4 is 4.74 Å². The number of amides is 1. The minimum atomic E-state index is -0.906. The summed E-state index contributed by atoms with van der Waals surface area (Å²) in [6, 6.07) is 15.6. The predicted octanol–water partition coefficient (Wildman–Crippen LogP) is 5.15. The number of ether oxygens (including phenoxy) is 1. The highest BCUT2D eigenvalue weighted by molar-refractivity contribution is 5.67. The van der Waals surface area contributed by atoms with Crippen LogP contribution in [0.15, 0.2) is 59.3 Å². The zero-order chi connectivity index (χ0) is 26.9. The topological polar surface area (TPSA) is 119 Å². The van der Waals surface area contributed by atoms with Crippen molar-refractivity contribution in [3.05, 3.63) is 66.2 Å². The van der Waals surface area contributed by atoms with E-state index in [-0.39, 0.29) is 5.41 Å². The summed E-state index contributed by atoms with van der Waals surface area (Å²) in [7, 11) is 1.64. The Morgan fingerprint density at radius 3 is 2.47 bits per heavy atom. The fourth-order valence-electron chi connectivity index (χ4n) is 5.30. The smallest absolute Gasteiger partial charge is 0.407 e. The summed E-state index contributed by atoms with van der Waals surface area (Å²) in [6.07, 6.45) is 2.97. The molecule has 1 fully saturated rings. The van der Waals surface area contributed by atoms with E-state index in [9.17, 15) is 9.90 Å². The van der Waals surface area contributed by atoms with E-state index in [4.69, 9.17) is 9.26 Å². The molecule has 1 aliphatic rings. The summed E-state index contributed by atoms with van der Waals surface area (Å²) in [5.41, 5.74) is 2.77. The van der Waals surface area contributed by atoms with E-state index in [1.54, 1.807) is 16.7 Å². The van der Waals surface area contributed by atoms with Gasteiger partial charge in [-0.2, -0.15) is 4.98 Å². The number of nitrogens with zero attached hydrogens (tertiary/aromatic N) is 6. The molecule has 4 aromatic rings. The molecular formula is C28H32N6O4. The van der Waals surface area contributed by atoms with Gasteiger partial charge in [0.25, 0.3) is 0 Å². The second kappa shape index (κ2) is 9.92. The first-order valence-corrected chi connectivity index (χ1v) is 12.7. The van der Waals surface area contributed by atoms with Crippen molar-refractivity contribution in [2.75, 3.05) is 13.7 Å². The third-order valence-electron chi connectivity index (χ3n) is 7.51. The number of aromatic nitrogens is 5. The third-order valence-corrected chi connectivity index (χ3v) is 7.51. The lowest BCUT2D eigenvalue weighted by molar-refractivity contribution is 0.0254. The number of hydrogen-bond donors (Lipinski definition) is 1. The summed E-state index contributed by atoms with van der Waals surface area (Å²) in [5, 5.41) is 22.6. The van der Waals surface area contributed by atoms with Gasteiger partial charge in [-0.15, -0.1) is 5.10 Å². The van der Waals surface area contributed by atoms with Gasteiger partial charge < -0.3 is 19.3 Å². The summed E-state index contributed by atoms with van der Waals surface area (Å²) in [4.78, 5) is 18.2. The van der Waals surface area contributed by atoms with Crippen LogP contribution in [0, 0.1) is 5.41 Å². The van der Waals surface area contributed by atoms with Crippen LogP contribution in [0.4, 0.5) is 4.79 Å². The molecule has 1 N–H and O–H groups in total. The average Bonchev–Trinajstić information content (AvgIpc) is 3.65. The monoisotopic (exact) mass is 516 g/mol. The summed E-state index contributed by atoms with van der Waals surface area (Å²) in [5.74, 6) is 1.73. The van der Waals surface area contributed by atoms with Crippen molar-refractivity contribution in [3.8, 4) is 28.4 Å². The highest BCUT2D eigenvalue weighted by atomic mass is 16.5. The first-order valence-electron chi connectivity index (χ1n) is 12.7. The van der Waals surface area contributed by atoms with E-state index in [1.165, 1.54) is 0 Å². The van der Waals surface area contributed by atoms with Crippen molar-refractivity contribution >= 4 is 6.09 Å². The van der Waals surface area contributed by atoms with E-state index >= 15 is 0 Å². The maximum atomic E-state index is 12.0. The minimum absolute atomic E-state index is 0.285. The molecule has 10 nitrogen and oxygen atoms in total. The van der Waals surface area contributed by atoms with E-state index in [1.807, 2.05) is 54.7 Å². The van der Waals surface area contributed by atoms with E-state index in [0.29, 0.717) is 31.2 Å². The van der Waals surface area contributed by atoms with Gasteiger partial charge in [0.05, 0.1) is 31.8 Å². The van der Waals surface area contributed by atoms with Crippen molar-refractivity contribution in [1.82, 2.24) is 30.0 Å². The largest absolute Gasteiger partial charge is 0.497 e. The minimum Gasteiger partial charge on any atom is -0.497 e. The third kappa shape index (κ3) is 4.85. The standard InChI is InChI=1S/C28H32N6O4/c1-27(2,3)28(14-5-15-34(28)26(35)36)16-24-29-25(31-38-24)21-8-6-19(7-9-21)17-33-18-23(30-32-33)20-10-12-22(37-4)13-11-20/h6-13,18H,5,14-17H2,1-4H3,(H,35,36). The van der Waals surface area contributed by atoms with Gasteiger partial charge in [-0.1, -0.05) is 55.4 Å². The molecule has 1 aliphatic heterocycles. The number of carboxylic acid groups (broad SMARTS) is 1. The first kappa shape index (κ1) is 25.4. The number of hydrogen-bond acceptors (Lipinski definition) is 7. The highest BCUT2D eigenvalue weighted by Crippen LogP contribution is 2.46. The second-order valence-corrected chi connectivity index (χ2v) is 10.7. The quantitative estimate of drug-likeness (QED) is 0.358. The summed E-state index contributed by atoms with van der Waals surface area (Å²) < 4.78 is 12.6. The highest BCUT2D eigenvalue weighted by Gasteiger charge is 2.52. The molecular weight excluding hydrogens is 484 g/mol. The Kier molecular flexibility index (Phi) is 6.64. The van der Waals surface area contributed by atoms with Crippen LogP contribution in [0.3, 0.4) is 0 Å². The Balaban J connectivity index is 1.28. The van der Waals surface area contributed by atoms with Gasteiger partial charge in [-0.3, -0.25) is 0 Å². The Morgan fingerprint density at radius 2 is 1.82 bits per heavy atom. The van der Waals surface area contributed by atoms with E-state index < -0.39 is 11.6 Å². The first-order chi connectivity index (χ1) is 18.2. The maximum absolute atomic E-state index is 12.0. The lowest BCUT2D eigenvalue weighted by Gasteiger charge is -2.46. The van der Waals surface area contributed by atoms with Crippen molar-refractivity contribution < 1.29 is 19.2 Å². The molecule has 1 amide bonds. The van der Waals surface area contributed by atoms with Gasteiger partial charge in [0, 0.05) is 17.7 Å². The molecule has 1 saturated heterocycles. The molecule has 5 rings (SSSR count). The normalized spacial score (nSPS) is 17.6. The molecule has 0 spiro atoms. The lowest BCUT2D eigenvalue weighted by Crippen LogP contribution is -2.56. The Labute approximate surface area is 221 Å². The van der Waals surface area contributed by atoms with Crippen molar-refractivity contribution in [1.29, 1.82) is 0 Å². The van der Waals surface area contributed by atoms with Crippen LogP contribution >= 0.6 is 0 Å². The van der Waals surface area contributed by atoms with Gasteiger partial charge in [0.1, 0.15) is 11.4 Å². The fraction of sp³-hybridized carbons (Fsp3) is 0.393. The van der Waals surface area contributed by atoms with Gasteiger partial charge in [-0.05, 0) is 48.1 Å². The Morgan fingerprint density at radius 1 is 1.11 bits per heavy atom. The van der Waals surface area contributed by atoms with Gasteiger partial charge >= 0.3 is 6.09 Å². The molecule has 0 bridgehead atoms. The van der Waals surface area contributed by atoms with Crippen molar-refractivity contribution in [2.45, 2.75) is 52.1 Å². The molecule has 38 heavy (non-hydrogen) atoms. The van der Waals surface area contributed by atoms with Crippen LogP contribution in [-0.4, -0.2) is 60.4 Å². The van der Waals surface area contributed by atoms with Crippen LogP contribution in [0.1, 0.15) is 45.1 Å². The Hall–Kier alpha value is -4.21. The zero-order valence-corrected chi connectivity index (χ0v) is 22.1. The van der Waals surface area contributed by atoms with Crippen molar-refractivity contribution in [2.24, 2.45) is 5.41 Å². The van der Waals surface area contributed by atoms with E-state index in [0.717, 1.165) is 41.0 Å². The molecule has 0 saturated carbocycles. The number of methoxy groups -OCH3 is 1. The van der Waals surface area contributed by atoms with Gasteiger partial charge in [0.15, 0.2) is 0 Å². The number of likely N-dealkylation sites (tertiary alicyclic amines) is 1. The molecule has 198 valence electrons. The molecule has 0 radical (unpaired) electrons. The number of rotatable bonds is 7. The zero-order valence-electron chi connectivity index (χ0n) is 22.1. The molecule has 2 aromatic heterocycles. The lowest BCUT2D eigenvalue weighted by atomic mass is 9.70. The summed E-state index contributed by atoms with van der Waals surface area (Å²) >= 11 is 0. The maximum Gasteiger partial charge on any atom is 0.407 e. The fourth-order valence-corrected chi connectivity index (χ4v) is 5.30. The van der Waals surface area contributed by atoms with E-state index in [2.05, 4.69) is 41.2 Å². The molecule has 1 unspecified atom stereocenters. The van der Waals surface area contributed by atoms with Gasteiger partial charge in [-0.25, -0.2) is 9.48 Å². The van der Waals surface area contributed by atoms with Crippen LogP contribution in [-0.2, 0) is 13.0 Å². The van der Waals surface area contributed by atoms with Crippen LogP contribution in [0.2, 0.25) is 0 Å². The molecule has 2 aromatic carbocycles. The Bertz CT molecular complexity index is 1400. The molecule has 1 atom stereocenters. The van der Waals surface area contributed by atoms with Crippen molar-refractivity contribution in [3.63, 3.8) is 0 Å². The average molecular weight is 517 g/mol. The second-order valence-electron chi connectivity index (χ2n) is 10.7.